The molecule has 2 aromatic heterocycles. The zero-order valence-electron chi connectivity index (χ0n) is 4.92. The van der Waals surface area contributed by atoms with E-state index in [0.29, 0.717) is 14.5 Å². The molecule has 2 aromatic rings. The first kappa shape index (κ1) is 5.66. The fraction of sp³-hybridized carbons (Fsp3) is 0.167. The molecular weight excluding hydrogens is 197 g/mol. The molecule has 0 radical (unpaired) electrons. The first-order valence-corrected chi connectivity index (χ1v) is 5.26. The van der Waals surface area contributed by atoms with Gasteiger partial charge in [-0.2, -0.15) is 0 Å². The quantitative estimate of drug-likeness (QED) is 0.592. The first-order valence-electron chi connectivity index (χ1n) is 2.67. The van der Waals surface area contributed by atoms with Crippen LogP contribution in [0.3, 0.4) is 0 Å². The predicted octanol–water partition coefficient (Wildman–Crippen LogP) is 1.66. The molecule has 0 aromatic carbocycles. The number of fused-ring (bicyclic) bond motifs is 1. The van der Waals surface area contributed by atoms with Crippen LogP contribution in [0.1, 0.15) is 4.57 Å². The van der Waals surface area contributed by atoms with Gasteiger partial charge in [0.15, 0.2) is 0 Å². The molecule has 46 valence electrons. The van der Waals surface area contributed by atoms with Gasteiger partial charge in [-0.1, -0.05) is 0 Å². The van der Waals surface area contributed by atoms with Crippen molar-refractivity contribution in [3.63, 3.8) is 0 Å². The summed E-state index contributed by atoms with van der Waals surface area (Å²) < 4.78 is 2.80. The second kappa shape index (κ2) is 1.94. The van der Waals surface area contributed by atoms with Gasteiger partial charge in [-0.05, 0) is 0 Å². The summed E-state index contributed by atoms with van der Waals surface area (Å²) in [6, 6.07) is 2.10. The Labute approximate surface area is 63.1 Å². The van der Waals surface area contributed by atoms with Crippen molar-refractivity contribution in [3.05, 3.63) is 16.0 Å². The average molecular weight is 202 g/mol. The van der Waals surface area contributed by atoms with Crippen molar-refractivity contribution >= 4 is 34.9 Å². The van der Waals surface area contributed by atoms with Crippen LogP contribution in [0.5, 0.6) is 0 Å². The van der Waals surface area contributed by atoms with Gasteiger partial charge in [0.2, 0.25) is 0 Å². The monoisotopic (exact) mass is 203 g/mol. The maximum atomic E-state index is 4.37. The van der Waals surface area contributed by atoms with E-state index in [4.69, 9.17) is 0 Å². The molecule has 0 amide bonds. The summed E-state index contributed by atoms with van der Waals surface area (Å²) in [7, 11) is 0. The number of thiophene rings is 1. The van der Waals surface area contributed by atoms with E-state index in [9.17, 15) is 0 Å². The van der Waals surface area contributed by atoms with Gasteiger partial charge in [-0.15, -0.1) is 0 Å². The molecular formula is C6H5NSSe. The number of aryl methyl sites for hydroxylation is 1. The fourth-order valence-electron chi connectivity index (χ4n) is 0.775. The van der Waals surface area contributed by atoms with Crippen molar-refractivity contribution in [2.75, 3.05) is 0 Å². The van der Waals surface area contributed by atoms with Gasteiger partial charge in [-0.25, -0.2) is 0 Å². The third-order valence-corrected chi connectivity index (χ3v) is 4.50. The van der Waals surface area contributed by atoms with Gasteiger partial charge in [0.1, 0.15) is 0 Å². The van der Waals surface area contributed by atoms with Crippen molar-refractivity contribution in [1.29, 1.82) is 0 Å². The molecule has 0 aliphatic heterocycles. The van der Waals surface area contributed by atoms with Crippen LogP contribution in [0.4, 0.5) is 0 Å². The third-order valence-electron chi connectivity index (χ3n) is 1.13. The van der Waals surface area contributed by atoms with Crippen molar-refractivity contribution in [3.8, 4) is 0 Å². The van der Waals surface area contributed by atoms with Crippen LogP contribution in [0.2, 0.25) is 0 Å². The summed E-state index contributed by atoms with van der Waals surface area (Å²) in [5.74, 6) is 0. The normalized spacial score (nSPS) is 10.8. The molecule has 0 atom stereocenters. The molecule has 2 rings (SSSR count). The number of nitrogens with zero attached hydrogens (tertiary/aromatic N) is 1. The summed E-state index contributed by atoms with van der Waals surface area (Å²) >= 11 is 2.39. The van der Waals surface area contributed by atoms with Crippen molar-refractivity contribution in [2.45, 2.75) is 6.92 Å². The fourth-order valence-corrected chi connectivity index (χ4v) is 3.98. The van der Waals surface area contributed by atoms with Gasteiger partial charge in [0, 0.05) is 0 Å². The summed E-state index contributed by atoms with van der Waals surface area (Å²) in [5, 5.41) is 2.11. The molecule has 3 heteroatoms. The Morgan fingerprint density at radius 1 is 1.67 bits per heavy atom. The second-order valence-electron chi connectivity index (χ2n) is 1.83. The van der Waals surface area contributed by atoms with Crippen molar-refractivity contribution < 1.29 is 0 Å². The summed E-state index contributed by atoms with van der Waals surface area (Å²) in [6.45, 7) is 2.10. The molecule has 0 N–H and O–H groups in total. The van der Waals surface area contributed by atoms with Gasteiger partial charge in [-0.3, -0.25) is 0 Å². The van der Waals surface area contributed by atoms with E-state index in [0.717, 1.165) is 0 Å². The molecule has 0 bridgehead atoms. The van der Waals surface area contributed by atoms with Crippen LogP contribution >= 0.6 is 11.3 Å². The minimum absolute atomic E-state index is 0.559. The number of hydrogen-bond acceptors (Lipinski definition) is 2. The molecule has 2 heterocycles. The maximum absolute atomic E-state index is 4.37. The molecule has 0 fully saturated rings. The van der Waals surface area contributed by atoms with E-state index in [-0.39, 0.29) is 0 Å². The summed E-state index contributed by atoms with van der Waals surface area (Å²) in [5.41, 5.74) is 1.22. The van der Waals surface area contributed by atoms with Gasteiger partial charge in [0.25, 0.3) is 0 Å². The second-order valence-corrected chi connectivity index (χ2v) is 5.85. The van der Waals surface area contributed by atoms with E-state index in [1.807, 2.05) is 11.3 Å². The molecule has 0 spiro atoms. The Morgan fingerprint density at radius 3 is 3.33 bits per heavy atom. The van der Waals surface area contributed by atoms with Crippen LogP contribution in [-0.2, 0) is 0 Å². The first-order chi connectivity index (χ1) is 4.36. The van der Waals surface area contributed by atoms with Crippen molar-refractivity contribution in [2.24, 2.45) is 0 Å². The summed E-state index contributed by atoms with van der Waals surface area (Å²) in [4.78, 5) is 4.37. The van der Waals surface area contributed by atoms with Crippen LogP contribution in [-0.4, -0.2) is 19.5 Å². The molecule has 1 nitrogen and oxygen atoms in total. The van der Waals surface area contributed by atoms with Crippen molar-refractivity contribution in [1.82, 2.24) is 4.98 Å². The predicted molar refractivity (Wildman–Crippen MR) is 41.3 cm³/mol. The van der Waals surface area contributed by atoms with Crippen LogP contribution < -0.4 is 0 Å². The zero-order valence-corrected chi connectivity index (χ0v) is 7.45. The van der Waals surface area contributed by atoms with Crippen LogP contribution in [0, 0.1) is 6.92 Å². The molecule has 0 unspecified atom stereocenters. The van der Waals surface area contributed by atoms with Gasteiger partial charge in [0.05, 0.1) is 0 Å². The standard InChI is InChI=1S/C6H5NSSe/c1-4-7-5-2-3-8-6(5)9-4/h2-3H,1H3. The minimum atomic E-state index is 0.559. The molecule has 0 aliphatic carbocycles. The number of rotatable bonds is 0. The van der Waals surface area contributed by atoms with E-state index >= 15 is 0 Å². The Bertz CT molecular complexity index is 294. The molecule has 0 saturated carbocycles. The number of hydrogen-bond donors (Lipinski definition) is 0. The Morgan fingerprint density at radius 2 is 2.56 bits per heavy atom. The molecule has 0 saturated heterocycles. The zero-order chi connectivity index (χ0) is 6.27. The van der Waals surface area contributed by atoms with E-state index in [2.05, 4.69) is 23.4 Å². The van der Waals surface area contributed by atoms with Crippen LogP contribution in [0.15, 0.2) is 11.4 Å². The average Bonchev–Trinajstić information content (AvgIpc) is 2.22. The number of aromatic nitrogens is 1. The Balaban J connectivity index is 2.92. The Hall–Kier alpha value is -0.111. The third kappa shape index (κ3) is 0.855. The summed E-state index contributed by atoms with van der Waals surface area (Å²) in [6.07, 6.45) is 0. The SMILES string of the molecule is Cc1nc2ccsc2[se]1. The molecule has 9 heavy (non-hydrogen) atoms. The van der Waals surface area contributed by atoms with E-state index < -0.39 is 0 Å². The van der Waals surface area contributed by atoms with Gasteiger partial charge >= 0.3 is 62.9 Å². The van der Waals surface area contributed by atoms with Gasteiger partial charge < -0.3 is 0 Å². The van der Waals surface area contributed by atoms with Crippen LogP contribution in [0.25, 0.3) is 9.09 Å². The van der Waals surface area contributed by atoms with E-state index in [1.165, 1.54) is 13.7 Å². The Kier molecular flexibility index (Phi) is 1.22. The van der Waals surface area contributed by atoms with E-state index in [1.54, 1.807) is 0 Å². The molecule has 0 aliphatic rings. The topological polar surface area (TPSA) is 12.9 Å².